The largest absolute Gasteiger partial charge is 0.454 e. The molecule has 0 unspecified atom stereocenters. The number of urea groups is 1. The van der Waals surface area contributed by atoms with E-state index in [1.807, 2.05) is 0 Å². The molecular weight excluding hydrogens is 394 g/mol. The number of carbonyl (C=O) groups is 4. The molecule has 1 fully saturated rings. The fraction of sp³-hybridized carbons (Fsp3) is 0.500. The summed E-state index contributed by atoms with van der Waals surface area (Å²) in [6.07, 6.45) is 3.83. The lowest BCUT2D eigenvalue weighted by atomic mass is 9.96. The quantitative estimate of drug-likeness (QED) is 0.591. The summed E-state index contributed by atoms with van der Waals surface area (Å²) < 4.78 is 15.3. The summed E-state index contributed by atoms with van der Waals surface area (Å²) in [5.41, 5.74) is 0.289. The van der Waals surface area contributed by atoms with Crippen LogP contribution in [-0.2, 0) is 14.3 Å². The number of carbonyl (C=O) groups excluding carboxylic acids is 4. The molecule has 1 aromatic rings. The van der Waals surface area contributed by atoms with E-state index in [-0.39, 0.29) is 18.4 Å². The van der Waals surface area contributed by atoms with Gasteiger partial charge >= 0.3 is 12.0 Å². The minimum absolute atomic E-state index is 0.0517. The number of hydrogen-bond donors (Lipinski definition) is 3. The van der Waals surface area contributed by atoms with Crippen LogP contribution in [0.5, 0.6) is 11.5 Å². The van der Waals surface area contributed by atoms with Gasteiger partial charge in [-0.3, -0.25) is 19.7 Å². The van der Waals surface area contributed by atoms with Gasteiger partial charge in [-0.1, -0.05) is 19.3 Å². The fourth-order valence-electron chi connectivity index (χ4n) is 3.27. The van der Waals surface area contributed by atoms with E-state index in [9.17, 15) is 19.2 Å². The number of fused-ring (bicyclic) bond motifs is 1. The number of rotatable bonds is 6. The number of esters is 1. The third-order valence-electron chi connectivity index (χ3n) is 4.88. The first-order valence-corrected chi connectivity index (χ1v) is 9.91. The van der Waals surface area contributed by atoms with E-state index in [0.717, 1.165) is 32.1 Å². The average Bonchev–Trinajstić information content (AvgIpc) is 3.20. The van der Waals surface area contributed by atoms with Crippen molar-refractivity contribution in [1.29, 1.82) is 0 Å². The van der Waals surface area contributed by atoms with Crippen LogP contribution in [0.3, 0.4) is 0 Å². The van der Waals surface area contributed by atoms with Gasteiger partial charge in [-0.25, -0.2) is 4.79 Å². The van der Waals surface area contributed by atoms with Crippen LogP contribution >= 0.6 is 0 Å². The van der Waals surface area contributed by atoms with Gasteiger partial charge in [-0.05, 0) is 38.0 Å². The van der Waals surface area contributed by atoms with E-state index >= 15 is 0 Å². The fourth-order valence-corrected chi connectivity index (χ4v) is 3.27. The van der Waals surface area contributed by atoms with Gasteiger partial charge in [-0.15, -0.1) is 0 Å². The molecule has 1 atom stereocenters. The van der Waals surface area contributed by atoms with Gasteiger partial charge in [0.05, 0.1) is 0 Å². The predicted molar refractivity (Wildman–Crippen MR) is 104 cm³/mol. The lowest BCUT2D eigenvalue weighted by Gasteiger charge is -2.23. The molecule has 10 nitrogen and oxygen atoms in total. The van der Waals surface area contributed by atoms with E-state index in [1.165, 1.54) is 19.1 Å². The Morgan fingerprint density at radius 2 is 1.83 bits per heavy atom. The molecule has 1 saturated carbocycles. The summed E-state index contributed by atoms with van der Waals surface area (Å²) in [6.45, 7) is 1.01. The highest BCUT2D eigenvalue weighted by atomic mass is 16.7. The molecule has 0 aromatic heterocycles. The second kappa shape index (κ2) is 9.95. The molecule has 3 rings (SSSR count). The molecule has 4 amide bonds. The third-order valence-corrected chi connectivity index (χ3v) is 4.88. The van der Waals surface area contributed by atoms with Crippen molar-refractivity contribution in [3.05, 3.63) is 23.8 Å². The topological polar surface area (TPSA) is 132 Å². The summed E-state index contributed by atoms with van der Waals surface area (Å²) in [6, 6.07) is 4.08. The van der Waals surface area contributed by atoms with Crippen LogP contribution in [0, 0.1) is 0 Å². The molecule has 10 heteroatoms. The maximum Gasteiger partial charge on any atom is 0.326 e. The van der Waals surface area contributed by atoms with Gasteiger partial charge in [0.2, 0.25) is 6.79 Å². The molecule has 1 aromatic carbocycles. The van der Waals surface area contributed by atoms with Crippen LogP contribution in [0.15, 0.2) is 18.2 Å². The smallest absolute Gasteiger partial charge is 0.326 e. The first-order chi connectivity index (χ1) is 14.4. The summed E-state index contributed by atoms with van der Waals surface area (Å²) in [7, 11) is 0. The molecule has 0 radical (unpaired) electrons. The molecule has 162 valence electrons. The summed E-state index contributed by atoms with van der Waals surface area (Å²) in [5.74, 6) is -1.06. The monoisotopic (exact) mass is 419 g/mol. The van der Waals surface area contributed by atoms with Crippen molar-refractivity contribution in [1.82, 2.24) is 16.0 Å². The van der Waals surface area contributed by atoms with E-state index in [2.05, 4.69) is 16.0 Å². The number of benzene rings is 1. The Bertz CT molecular complexity index is 821. The maximum absolute atomic E-state index is 12.2. The van der Waals surface area contributed by atoms with Gasteiger partial charge in [0.15, 0.2) is 17.6 Å². The molecule has 1 aliphatic carbocycles. The Kier molecular flexibility index (Phi) is 7.10. The van der Waals surface area contributed by atoms with E-state index < -0.39 is 36.5 Å². The zero-order valence-electron chi connectivity index (χ0n) is 16.7. The molecule has 1 aliphatic heterocycles. The molecule has 0 saturated heterocycles. The van der Waals surface area contributed by atoms with Crippen LogP contribution in [0.4, 0.5) is 4.79 Å². The molecule has 0 spiro atoms. The zero-order chi connectivity index (χ0) is 21.5. The average molecular weight is 419 g/mol. The maximum atomic E-state index is 12.2. The number of imide groups is 1. The Morgan fingerprint density at radius 1 is 1.10 bits per heavy atom. The minimum Gasteiger partial charge on any atom is -0.454 e. The van der Waals surface area contributed by atoms with Crippen molar-refractivity contribution < 1.29 is 33.4 Å². The first kappa shape index (κ1) is 21.4. The van der Waals surface area contributed by atoms with Crippen LogP contribution in [0.1, 0.15) is 49.4 Å². The molecule has 30 heavy (non-hydrogen) atoms. The van der Waals surface area contributed by atoms with E-state index in [0.29, 0.717) is 11.5 Å². The van der Waals surface area contributed by atoms with Gasteiger partial charge in [0, 0.05) is 11.6 Å². The predicted octanol–water partition coefficient (Wildman–Crippen LogP) is 1.24. The number of ether oxygens (including phenoxy) is 3. The second-order valence-corrected chi connectivity index (χ2v) is 7.18. The third kappa shape index (κ3) is 5.85. The van der Waals surface area contributed by atoms with Crippen LogP contribution < -0.4 is 25.4 Å². The van der Waals surface area contributed by atoms with Gasteiger partial charge in [0.25, 0.3) is 11.8 Å². The Morgan fingerprint density at radius 3 is 2.60 bits per heavy atom. The minimum atomic E-state index is -1.18. The van der Waals surface area contributed by atoms with Crippen molar-refractivity contribution in [3.63, 3.8) is 0 Å². The van der Waals surface area contributed by atoms with Gasteiger partial charge < -0.3 is 24.8 Å². The molecule has 2 aliphatic rings. The molecular formula is C20H25N3O7. The number of hydrogen-bond acceptors (Lipinski definition) is 7. The van der Waals surface area contributed by atoms with Crippen LogP contribution in [0.25, 0.3) is 0 Å². The van der Waals surface area contributed by atoms with Crippen LogP contribution in [-0.4, -0.2) is 49.3 Å². The normalized spacial score (nSPS) is 16.3. The summed E-state index contributed by atoms with van der Waals surface area (Å²) in [5, 5.41) is 7.32. The Labute approximate surface area is 173 Å². The second-order valence-electron chi connectivity index (χ2n) is 7.18. The highest BCUT2D eigenvalue weighted by Crippen LogP contribution is 2.32. The number of amides is 4. The van der Waals surface area contributed by atoms with Gasteiger partial charge in [-0.2, -0.15) is 0 Å². The Balaban J connectivity index is 1.38. The summed E-state index contributed by atoms with van der Waals surface area (Å²) >= 11 is 0. The standard InChI is InChI=1S/C20H25N3O7/c1-12(18(25)23-20(27)22-14-5-3-2-4-6-14)30-17(24)10-21-19(26)13-7-8-15-16(9-13)29-11-28-15/h7-9,12,14H,2-6,10-11H2,1H3,(H,21,26)(H2,22,23,25,27)/t12-/m0/s1. The SMILES string of the molecule is C[C@H](OC(=O)CNC(=O)c1ccc2c(c1)OCO2)C(=O)NC(=O)NC1CCCCC1. The van der Waals surface area contributed by atoms with Crippen molar-refractivity contribution in [3.8, 4) is 11.5 Å². The molecule has 0 bridgehead atoms. The van der Waals surface area contributed by atoms with Crippen LogP contribution in [0.2, 0.25) is 0 Å². The van der Waals surface area contributed by atoms with Crippen molar-refractivity contribution in [2.45, 2.75) is 51.2 Å². The van der Waals surface area contributed by atoms with Gasteiger partial charge in [0.1, 0.15) is 6.54 Å². The van der Waals surface area contributed by atoms with Crippen molar-refractivity contribution >= 4 is 23.8 Å². The lowest BCUT2D eigenvalue weighted by Crippen LogP contribution is -2.48. The van der Waals surface area contributed by atoms with Crippen molar-refractivity contribution in [2.75, 3.05) is 13.3 Å². The summed E-state index contributed by atoms with van der Waals surface area (Å²) in [4.78, 5) is 48.0. The molecule has 3 N–H and O–H groups in total. The Hall–Kier alpha value is -3.30. The number of nitrogens with one attached hydrogen (secondary N) is 3. The highest BCUT2D eigenvalue weighted by Gasteiger charge is 2.23. The molecule has 1 heterocycles. The van der Waals surface area contributed by atoms with Crippen molar-refractivity contribution in [2.24, 2.45) is 0 Å². The first-order valence-electron chi connectivity index (χ1n) is 9.91. The highest BCUT2D eigenvalue weighted by molar-refractivity contribution is 5.98. The van der Waals surface area contributed by atoms with E-state index in [1.54, 1.807) is 6.07 Å². The zero-order valence-corrected chi connectivity index (χ0v) is 16.7. The van der Waals surface area contributed by atoms with E-state index in [4.69, 9.17) is 14.2 Å². The lowest BCUT2D eigenvalue weighted by molar-refractivity contribution is -0.153.